The molecule has 16 heavy (non-hydrogen) atoms. The Morgan fingerprint density at radius 1 is 1.50 bits per heavy atom. The van der Waals surface area contributed by atoms with Crippen LogP contribution in [0.4, 0.5) is 5.13 Å². The lowest BCUT2D eigenvalue weighted by Crippen LogP contribution is -2.02. The van der Waals surface area contributed by atoms with Crippen LogP contribution < -0.4 is 10.1 Å². The molecule has 0 saturated heterocycles. The van der Waals surface area contributed by atoms with Crippen LogP contribution in [0, 0.1) is 0 Å². The minimum Gasteiger partial charge on any atom is -0.497 e. The minimum atomic E-state index is 0.200. The monoisotopic (exact) mass is 238 g/mol. The molecule has 86 valence electrons. The number of fused-ring (bicyclic) bond motifs is 1. The number of aromatic nitrogens is 1. The van der Waals surface area contributed by atoms with Gasteiger partial charge in [0.2, 0.25) is 0 Å². The maximum Gasteiger partial charge on any atom is 0.183 e. The van der Waals surface area contributed by atoms with Crippen LogP contribution in [0.25, 0.3) is 10.2 Å². The molecule has 5 heteroatoms. The summed E-state index contributed by atoms with van der Waals surface area (Å²) in [5.41, 5.74) is 0.970. The Labute approximate surface area is 97.9 Å². The van der Waals surface area contributed by atoms with E-state index in [1.807, 2.05) is 18.2 Å². The van der Waals surface area contributed by atoms with Crippen LogP contribution in [0.1, 0.15) is 6.42 Å². The lowest BCUT2D eigenvalue weighted by Gasteiger charge is -1.97. The van der Waals surface area contributed by atoms with Gasteiger partial charge in [-0.1, -0.05) is 11.3 Å². The van der Waals surface area contributed by atoms with Crippen molar-refractivity contribution in [3.63, 3.8) is 0 Å². The average Bonchev–Trinajstić information content (AvgIpc) is 2.70. The number of thiazole rings is 1. The van der Waals surface area contributed by atoms with Gasteiger partial charge in [-0.3, -0.25) is 0 Å². The first kappa shape index (κ1) is 11.2. The molecule has 0 aliphatic carbocycles. The smallest absolute Gasteiger partial charge is 0.183 e. The van der Waals surface area contributed by atoms with E-state index in [0.717, 1.165) is 34.1 Å². The highest BCUT2D eigenvalue weighted by Gasteiger charge is 2.04. The zero-order chi connectivity index (χ0) is 11.4. The third-order valence-electron chi connectivity index (χ3n) is 2.21. The third-order valence-corrected chi connectivity index (χ3v) is 3.18. The van der Waals surface area contributed by atoms with E-state index in [1.54, 1.807) is 18.4 Å². The molecule has 2 rings (SSSR count). The molecule has 0 radical (unpaired) electrons. The molecular weight excluding hydrogens is 224 g/mol. The molecule has 0 unspecified atom stereocenters. The Morgan fingerprint density at radius 2 is 2.38 bits per heavy atom. The molecule has 0 atom stereocenters. The Hall–Kier alpha value is -1.33. The normalized spacial score (nSPS) is 10.6. The Bertz CT molecular complexity index is 470. The summed E-state index contributed by atoms with van der Waals surface area (Å²) in [4.78, 5) is 4.43. The van der Waals surface area contributed by atoms with Crippen molar-refractivity contribution in [2.75, 3.05) is 25.6 Å². The molecule has 1 aromatic heterocycles. The summed E-state index contributed by atoms with van der Waals surface area (Å²) in [6, 6.07) is 5.83. The molecule has 1 heterocycles. The first-order valence-corrected chi connectivity index (χ1v) is 5.94. The van der Waals surface area contributed by atoms with Crippen molar-refractivity contribution < 1.29 is 9.84 Å². The number of rotatable bonds is 5. The summed E-state index contributed by atoms with van der Waals surface area (Å²) >= 11 is 1.59. The van der Waals surface area contributed by atoms with Crippen LogP contribution in [0.2, 0.25) is 0 Å². The largest absolute Gasteiger partial charge is 0.497 e. The highest BCUT2D eigenvalue weighted by atomic mass is 32.1. The number of nitrogens with zero attached hydrogens (tertiary/aromatic N) is 1. The number of benzene rings is 1. The Balaban J connectivity index is 2.16. The summed E-state index contributed by atoms with van der Waals surface area (Å²) in [5.74, 6) is 0.845. The third kappa shape index (κ3) is 2.43. The van der Waals surface area contributed by atoms with Crippen LogP contribution in [-0.2, 0) is 0 Å². The van der Waals surface area contributed by atoms with E-state index < -0.39 is 0 Å². The van der Waals surface area contributed by atoms with Crippen molar-refractivity contribution in [2.24, 2.45) is 0 Å². The molecule has 0 amide bonds. The number of methoxy groups -OCH3 is 1. The number of aliphatic hydroxyl groups is 1. The fourth-order valence-electron chi connectivity index (χ4n) is 1.38. The van der Waals surface area contributed by atoms with Crippen molar-refractivity contribution in [3.05, 3.63) is 18.2 Å². The number of hydrogen-bond acceptors (Lipinski definition) is 5. The van der Waals surface area contributed by atoms with E-state index in [1.165, 1.54) is 0 Å². The first-order valence-electron chi connectivity index (χ1n) is 5.13. The Kier molecular flexibility index (Phi) is 3.58. The summed E-state index contributed by atoms with van der Waals surface area (Å²) < 4.78 is 6.26. The van der Waals surface area contributed by atoms with Crippen LogP contribution in [0.5, 0.6) is 5.75 Å². The van der Waals surface area contributed by atoms with Crippen molar-refractivity contribution in [2.45, 2.75) is 6.42 Å². The maximum atomic E-state index is 8.68. The van der Waals surface area contributed by atoms with Crippen molar-refractivity contribution in [1.82, 2.24) is 4.98 Å². The summed E-state index contributed by atoms with van der Waals surface area (Å²) in [6.45, 7) is 0.944. The molecule has 0 saturated carbocycles. The average molecular weight is 238 g/mol. The van der Waals surface area contributed by atoms with Gasteiger partial charge in [-0.2, -0.15) is 0 Å². The lowest BCUT2D eigenvalue weighted by atomic mass is 10.3. The Morgan fingerprint density at radius 3 is 3.12 bits per heavy atom. The van der Waals surface area contributed by atoms with Crippen molar-refractivity contribution in [1.29, 1.82) is 0 Å². The van der Waals surface area contributed by atoms with Gasteiger partial charge in [0.15, 0.2) is 5.13 Å². The molecule has 2 N–H and O–H groups in total. The lowest BCUT2D eigenvalue weighted by molar-refractivity contribution is 0.292. The van der Waals surface area contributed by atoms with Crippen LogP contribution in [0.15, 0.2) is 18.2 Å². The number of nitrogens with one attached hydrogen (secondary N) is 1. The summed E-state index contributed by atoms with van der Waals surface area (Å²) in [6.07, 6.45) is 0.735. The SMILES string of the molecule is COc1ccc2nc(NCCCO)sc2c1. The molecule has 0 bridgehead atoms. The summed E-state index contributed by atoms with van der Waals surface area (Å²) in [7, 11) is 1.66. The maximum absolute atomic E-state index is 8.68. The van der Waals surface area contributed by atoms with Gasteiger partial charge in [-0.05, 0) is 24.6 Å². The quantitative estimate of drug-likeness (QED) is 0.783. The van der Waals surface area contributed by atoms with E-state index in [2.05, 4.69) is 10.3 Å². The number of anilines is 1. The number of aliphatic hydroxyl groups excluding tert-OH is 1. The number of ether oxygens (including phenoxy) is 1. The van der Waals surface area contributed by atoms with Gasteiger partial charge in [0.05, 0.1) is 17.3 Å². The van der Waals surface area contributed by atoms with Crippen molar-refractivity contribution in [3.8, 4) is 5.75 Å². The van der Waals surface area contributed by atoms with Gasteiger partial charge in [-0.15, -0.1) is 0 Å². The molecule has 2 aromatic rings. The van der Waals surface area contributed by atoms with E-state index in [0.29, 0.717) is 0 Å². The second-order valence-corrected chi connectivity index (χ2v) is 4.39. The van der Waals surface area contributed by atoms with E-state index in [9.17, 15) is 0 Å². The number of hydrogen-bond donors (Lipinski definition) is 2. The topological polar surface area (TPSA) is 54.4 Å². The molecule has 4 nitrogen and oxygen atoms in total. The molecule has 0 spiro atoms. The highest BCUT2D eigenvalue weighted by molar-refractivity contribution is 7.22. The van der Waals surface area contributed by atoms with Crippen LogP contribution >= 0.6 is 11.3 Å². The predicted molar refractivity (Wildman–Crippen MR) is 66.4 cm³/mol. The second kappa shape index (κ2) is 5.14. The van der Waals surface area contributed by atoms with Crippen LogP contribution in [0.3, 0.4) is 0 Å². The zero-order valence-electron chi connectivity index (χ0n) is 9.06. The van der Waals surface area contributed by atoms with E-state index in [-0.39, 0.29) is 6.61 Å². The van der Waals surface area contributed by atoms with Crippen molar-refractivity contribution >= 4 is 26.7 Å². The van der Waals surface area contributed by atoms with Gasteiger partial charge < -0.3 is 15.2 Å². The fourth-order valence-corrected chi connectivity index (χ4v) is 2.30. The van der Waals surface area contributed by atoms with E-state index in [4.69, 9.17) is 9.84 Å². The fraction of sp³-hybridized carbons (Fsp3) is 0.364. The van der Waals surface area contributed by atoms with E-state index >= 15 is 0 Å². The van der Waals surface area contributed by atoms with Gasteiger partial charge in [-0.25, -0.2) is 4.98 Å². The second-order valence-electron chi connectivity index (χ2n) is 3.36. The molecule has 0 aliphatic rings. The van der Waals surface area contributed by atoms with Crippen LogP contribution in [-0.4, -0.2) is 30.4 Å². The van der Waals surface area contributed by atoms with Gasteiger partial charge in [0.25, 0.3) is 0 Å². The molecular formula is C11H14N2O2S. The summed E-state index contributed by atoms with van der Waals surface area (Å²) in [5, 5.41) is 12.7. The molecule has 0 aliphatic heterocycles. The van der Waals surface area contributed by atoms with Gasteiger partial charge in [0.1, 0.15) is 5.75 Å². The molecule has 1 aromatic carbocycles. The molecule has 0 fully saturated rings. The standard InChI is InChI=1S/C11H14N2O2S/c1-15-8-3-4-9-10(7-8)16-11(13-9)12-5-2-6-14/h3-4,7,14H,2,5-6H2,1H3,(H,12,13). The van der Waals surface area contributed by atoms with Gasteiger partial charge >= 0.3 is 0 Å². The zero-order valence-corrected chi connectivity index (χ0v) is 9.88. The van der Waals surface area contributed by atoms with Gasteiger partial charge in [0, 0.05) is 13.2 Å². The highest BCUT2D eigenvalue weighted by Crippen LogP contribution is 2.28. The minimum absolute atomic E-state index is 0.200. The predicted octanol–water partition coefficient (Wildman–Crippen LogP) is 2.10. The first-order chi connectivity index (χ1) is 7.83.